The summed E-state index contributed by atoms with van der Waals surface area (Å²) in [6.45, 7) is 6.53. The van der Waals surface area contributed by atoms with Crippen molar-refractivity contribution >= 4 is 12.0 Å². The predicted molar refractivity (Wildman–Crippen MR) is 73.5 cm³/mol. The van der Waals surface area contributed by atoms with Gasteiger partial charge >= 0.3 is 6.18 Å². The van der Waals surface area contributed by atoms with E-state index in [9.17, 15) is 13.2 Å². The Morgan fingerprint density at radius 1 is 1.20 bits per heavy atom. The number of hydrogen-bond acceptors (Lipinski definition) is 3. The van der Waals surface area contributed by atoms with Crippen LogP contribution in [0.1, 0.15) is 39.4 Å². The highest BCUT2D eigenvalue weighted by Gasteiger charge is 2.17. The molecule has 0 spiro atoms. The largest absolute Gasteiger partial charge is 0.386 e. The van der Waals surface area contributed by atoms with E-state index >= 15 is 0 Å². The van der Waals surface area contributed by atoms with Crippen molar-refractivity contribution in [3.05, 3.63) is 11.4 Å². The Morgan fingerprint density at radius 3 is 2.15 bits per heavy atom. The van der Waals surface area contributed by atoms with Gasteiger partial charge in [0.25, 0.3) is 0 Å². The summed E-state index contributed by atoms with van der Waals surface area (Å²) in [5.74, 6) is 1.82. The molecular weight excluding hydrogens is 269 g/mol. The monoisotopic (exact) mass is 290 g/mol. The Morgan fingerprint density at radius 2 is 1.70 bits per heavy atom. The number of alkyl halides is 3. The van der Waals surface area contributed by atoms with E-state index < -0.39 is 6.18 Å². The van der Waals surface area contributed by atoms with Crippen molar-refractivity contribution in [2.24, 2.45) is 7.05 Å². The van der Waals surface area contributed by atoms with Crippen molar-refractivity contribution in [3.63, 3.8) is 0 Å². The molecule has 0 aliphatic carbocycles. The van der Waals surface area contributed by atoms with Gasteiger partial charge in [0.2, 0.25) is 5.95 Å². The molecule has 1 aliphatic rings. The van der Waals surface area contributed by atoms with Crippen molar-refractivity contribution in [2.45, 2.75) is 39.8 Å². The van der Waals surface area contributed by atoms with Gasteiger partial charge in [-0.2, -0.15) is 18.2 Å². The average Bonchev–Trinajstić information content (AvgIpc) is 2.85. The summed E-state index contributed by atoms with van der Waals surface area (Å²) >= 11 is 0. The second kappa shape index (κ2) is 6.76. The van der Waals surface area contributed by atoms with Gasteiger partial charge in [0.05, 0.1) is 0 Å². The maximum Gasteiger partial charge on any atom is 0.386 e. The topological polar surface area (TPSA) is 34.0 Å². The normalized spacial score (nSPS) is 14.8. The van der Waals surface area contributed by atoms with Gasteiger partial charge in [0.15, 0.2) is 5.82 Å². The van der Waals surface area contributed by atoms with Crippen molar-refractivity contribution in [3.8, 4) is 0 Å². The molecule has 7 heteroatoms. The second-order valence-electron chi connectivity index (χ2n) is 5.09. The first-order chi connectivity index (χ1) is 9.16. The van der Waals surface area contributed by atoms with E-state index in [-0.39, 0.29) is 6.92 Å². The molecule has 0 aromatic carbocycles. The summed E-state index contributed by atoms with van der Waals surface area (Å²) in [5, 5.41) is 4.43. The lowest BCUT2D eigenvalue weighted by Gasteiger charge is -2.10. The molecule has 4 nitrogen and oxygen atoms in total. The third-order valence-corrected chi connectivity index (χ3v) is 2.59. The van der Waals surface area contributed by atoms with Crippen molar-refractivity contribution in [1.29, 1.82) is 0 Å². The van der Waals surface area contributed by atoms with Gasteiger partial charge in [-0.1, -0.05) is 5.57 Å². The number of hydrogen-bond donors (Lipinski definition) is 0. The van der Waals surface area contributed by atoms with Crippen LogP contribution in [0.25, 0.3) is 6.08 Å². The van der Waals surface area contributed by atoms with Crippen LogP contribution >= 0.6 is 0 Å². The fourth-order valence-electron chi connectivity index (χ4n) is 1.82. The molecule has 2 rings (SSSR count). The highest BCUT2D eigenvalue weighted by Crippen LogP contribution is 2.16. The van der Waals surface area contributed by atoms with Crippen LogP contribution in [0.4, 0.5) is 19.1 Å². The lowest BCUT2D eigenvalue weighted by molar-refractivity contribution is -0.110. The van der Waals surface area contributed by atoms with Gasteiger partial charge in [0, 0.05) is 27.1 Å². The first-order valence-corrected chi connectivity index (χ1v) is 6.54. The van der Waals surface area contributed by atoms with E-state index in [2.05, 4.69) is 34.9 Å². The van der Waals surface area contributed by atoms with Crippen LogP contribution in [-0.2, 0) is 7.05 Å². The molecule has 2 heterocycles. The van der Waals surface area contributed by atoms with Crippen molar-refractivity contribution < 1.29 is 13.2 Å². The van der Waals surface area contributed by atoms with Crippen molar-refractivity contribution in [1.82, 2.24) is 14.8 Å². The van der Waals surface area contributed by atoms with Crippen LogP contribution in [0.2, 0.25) is 0 Å². The standard InChI is InChI=1S/C11H18N4.C2H3F3/c1-9(2)8-10-12-11(13-14(10)3)15-6-4-5-7-15;1-2(3,4)5/h8H,4-7H2,1-3H3;1H3. The average molecular weight is 290 g/mol. The van der Waals surface area contributed by atoms with Gasteiger partial charge in [0.1, 0.15) is 0 Å². The highest BCUT2D eigenvalue weighted by molar-refractivity contribution is 5.46. The van der Waals surface area contributed by atoms with Gasteiger partial charge in [-0.3, -0.25) is 0 Å². The summed E-state index contributed by atoms with van der Waals surface area (Å²) in [6, 6.07) is 0. The number of rotatable bonds is 2. The maximum absolute atomic E-state index is 10.4. The second-order valence-corrected chi connectivity index (χ2v) is 5.09. The number of nitrogens with zero attached hydrogens (tertiary/aromatic N) is 4. The quantitative estimate of drug-likeness (QED) is 0.837. The van der Waals surface area contributed by atoms with E-state index in [4.69, 9.17) is 0 Å². The van der Waals surface area contributed by atoms with Crippen molar-refractivity contribution in [2.75, 3.05) is 18.0 Å². The maximum atomic E-state index is 10.4. The van der Waals surface area contributed by atoms with Gasteiger partial charge in [-0.05, 0) is 32.8 Å². The molecule has 114 valence electrons. The summed E-state index contributed by atoms with van der Waals surface area (Å²) in [6.07, 6.45) is 0.582. The molecule has 20 heavy (non-hydrogen) atoms. The molecule has 0 saturated carbocycles. The number of anilines is 1. The van der Waals surface area contributed by atoms with Crippen LogP contribution in [0, 0.1) is 0 Å². The third kappa shape index (κ3) is 6.08. The fourth-order valence-corrected chi connectivity index (χ4v) is 1.82. The summed E-state index contributed by atoms with van der Waals surface area (Å²) < 4.78 is 32.9. The molecule has 0 bridgehead atoms. The molecule has 0 N–H and O–H groups in total. The van der Waals surface area contributed by atoms with Crippen LogP contribution in [0.5, 0.6) is 0 Å². The zero-order valence-electron chi connectivity index (χ0n) is 12.3. The number of aryl methyl sites for hydroxylation is 1. The zero-order chi connectivity index (χ0) is 15.3. The van der Waals surface area contributed by atoms with Crippen LogP contribution in [-0.4, -0.2) is 34.0 Å². The predicted octanol–water partition coefficient (Wildman–Crippen LogP) is 3.41. The molecule has 1 fully saturated rings. The Bertz CT molecular complexity index is 447. The fraction of sp³-hybridized carbons (Fsp3) is 0.692. The molecule has 1 saturated heterocycles. The van der Waals surface area contributed by atoms with Gasteiger partial charge in [-0.25, -0.2) is 4.68 Å². The molecule has 0 unspecified atom stereocenters. The highest BCUT2D eigenvalue weighted by atomic mass is 19.4. The SMILES string of the molecule is CC(C)=Cc1nc(N2CCCC2)nn1C.CC(F)(F)F. The Balaban J connectivity index is 0.000000347. The minimum Gasteiger partial charge on any atom is -0.340 e. The molecule has 1 aromatic heterocycles. The molecule has 0 amide bonds. The lowest BCUT2D eigenvalue weighted by Crippen LogP contribution is -2.19. The first kappa shape index (κ1) is 16.5. The minimum absolute atomic E-state index is 0.188. The third-order valence-electron chi connectivity index (χ3n) is 2.59. The van der Waals surface area contributed by atoms with E-state index in [1.54, 1.807) is 0 Å². The molecule has 0 radical (unpaired) electrons. The van der Waals surface area contributed by atoms with Gasteiger partial charge in [-0.15, -0.1) is 5.10 Å². The molecule has 1 aliphatic heterocycles. The molecular formula is C13H21F3N4. The van der Waals surface area contributed by atoms with E-state index in [1.807, 2.05) is 11.7 Å². The number of allylic oxidation sites excluding steroid dienone is 1. The zero-order valence-corrected chi connectivity index (χ0v) is 12.3. The smallest absolute Gasteiger partial charge is 0.340 e. The lowest BCUT2D eigenvalue weighted by atomic mass is 10.3. The molecule has 1 aromatic rings. The summed E-state index contributed by atoms with van der Waals surface area (Å²) in [4.78, 5) is 6.79. The van der Waals surface area contributed by atoms with E-state index in [0.717, 1.165) is 24.9 Å². The number of aromatic nitrogens is 3. The summed E-state index contributed by atoms with van der Waals surface area (Å²) in [5.41, 5.74) is 1.25. The van der Waals surface area contributed by atoms with Crippen LogP contribution < -0.4 is 4.90 Å². The Hall–Kier alpha value is -1.53. The number of halogens is 3. The minimum atomic E-state index is -4.00. The summed E-state index contributed by atoms with van der Waals surface area (Å²) in [7, 11) is 1.95. The van der Waals surface area contributed by atoms with E-state index in [1.165, 1.54) is 18.4 Å². The molecule has 0 atom stereocenters. The van der Waals surface area contributed by atoms with Gasteiger partial charge < -0.3 is 4.90 Å². The first-order valence-electron chi connectivity index (χ1n) is 6.54. The Labute approximate surface area is 117 Å². The van der Waals surface area contributed by atoms with Crippen LogP contribution in [0.15, 0.2) is 5.57 Å². The Kier molecular flexibility index (Phi) is 5.59. The van der Waals surface area contributed by atoms with Crippen LogP contribution in [0.3, 0.4) is 0 Å². The van der Waals surface area contributed by atoms with E-state index in [0.29, 0.717) is 0 Å².